The zero-order valence-corrected chi connectivity index (χ0v) is 67.1. The van der Waals surface area contributed by atoms with Crippen LogP contribution in [0.3, 0.4) is 0 Å². The molecule has 0 heterocycles. The summed E-state index contributed by atoms with van der Waals surface area (Å²) in [7, 11) is 12.1. The number of ether oxygens (including phenoxy) is 6. The minimum absolute atomic E-state index is 0. The second-order valence-electron chi connectivity index (χ2n) is 30.2. The Hall–Kier alpha value is -0.616. The molecule has 2 aromatic rings. The molecule has 583 valence electrons. The third kappa shape index (κ3) is 24.0. The van der Waals surface area contributed by atoms with Gasteiger partial charge in [0.1, 0.15) is 24.7 Å². The van der Waals surface area contributed by atoms with Gasteiger partial charge in [-0.2, -0.15) is 59.1 Å². The van der Waals surface area contributed by atoms with E-state index >= 15 is 0 Å². The van der Waals surface area contributed by atoms with Gasteiger partial charge in [-0.3, -0.25) is 4.89 Å². The van der Waals surface area contributed by atoms with Crippen LogP contribution in [0.5, 0.6) is 11.5 Å². The average molecular weight is 1620 g/mol. The Kier molecular flexibility index (Phi) is 35.7. The van der Waals surface area contributed by atoms with Crippen LogP contribution < -0.4 is 9.47 Å². The van der Waals surface area contributed by atoms with E-state index in [9.17, 15) is 52.7 Å². The zero-order chi connectivity index (χ0) is 73.1. The Bertz CT molecular complexity index is 2750. The smallest absolute Gasteiger partial charge is 0.426 e. The van der Waals surface area contributed by atoms with Crippen LogP contribution in [0, 0.1) is 46.8 Å². The molecular weight excluding hydrogens is 1500 g/mol. The molecule has 4 saturated carbocycles. The number of benzene rings is 2. The maximum atomic E-state index is 13.2. The molecule has 0 amide bonds. The van der Waals surface area contributed by atoms with Gasteiger partial charge in [-0.05, 0) is 268 Å². The minimum Gasteiger partial charge on any atom is -0.492 e. The van der Waals surface area contributed by atoms with Crippen molar-refractivity contribution in [3.63, 3.8) is 0 Å². The maximum absolute atomic E-state index is 13.2. The molecule has 10 nitrogen and oxygen atoms in total. The predicted octanol–water partition coefficient (Wildman–Crippen LogP) is 20.7. The summed E-state index contributed by atoms with van der Waals surface area (Å²) < 4.78 is 193. The number of likely N-dealkylation sites (N-methyl/N-ethyl adjacent to an activating group) is 2. The van der Waals surface area contributed by atoms with Crippen LogP contribution in [0.2, 0.25) is 0 Å². The number of unbranched alkanes of at least 4 members (excludes halogenated alkanes) is 4. The molecule has 11 atom stereocenters. The largest absolute Gasteiger partial charge is 0.492 e. The molecule has 11 unspecified atom stereocenters. The van der Waals surface area contributed by atoms with Gasteiger partial charge in [-0.1, -0.05) is 88.9 Å². The van der Waals surface area contributed by atoms with Gasteiger partial charge in [0.2, 0.25) is 0 Å². The van der Waals surface area contributed by atoms with E-state index in [0.29, 0.717) is 67.9 Å². The van der Waals surface area contributed by atoms with Gasteiger partial charge in [0.05, 0.1) is 32.0 Å². The Morgan fingerprint density at radius 3 is 1.35 bits per heavy atom. The summed E-state index contributed by atoms with van der Waals surface area (Å²) in [6, 6.07) is 13.2. The van der Waals surface area contributed by atoms with E-state index in [0.717, 1.165) is 170 Å². The Labute approximate surface area is 640 Å². The Balaban J connectivity index is 0.0000146. The molecule has 8 rings (SSSR count). The van der Waals surface area contributed by atoms with Crippen LogP contribution in [-0.4, -0.2) is 174 Å². The molecule has 0 N–H and O–H groups in total. The van der Waals surface area contributed by atoms with Gasteiger partial charge in [-0.15, -0.1) is 0 Å². The van der Waals surface area contributed by atoms with Crippen molar-refractivity contribution < 1.29 is 124 Å². The van der Waals surface area contributed by atoms with Crippen LogP contribution in [0.1, 0.15) is 197 Å². The second-order valence-corrected chi connectivity index (χ2v) is 35.6. The molecule has 0 bridgehead atoms. The van der Waals surface area contributed by atoms with E-state index in [1.807, 2.05) is 43.2 Å². The van der Waals surface area contributed by atoms with Crippen molar-refractivity contribution in [3.8, 4) is 11.5 Å². The van der Waals surface area contributed by atoms with Crippen LogP contribution >= 0.6 is 43.2 Å². The number of rotatable bonds is 45. The monoisotopic (exact) mass is 1610 g/mol. The average Bonchev–Trinajstić information content (AvgIpc) is 1.51. The first-order valence-electron chi connectivity index (χ1n) is 37.1. The van der Waals surface area contributed by atoms with Gasteiger partial charge in [0.25, 0.3) is 11.2 Å². The zero-order valence-electron chi connectivity index (χ0n) is 61.0. The van der Waals surface area contributed by atoms with Crippen LogP contribution in [0.4, 0.5) is 52.7 Å². The second kappa shape index (κ2) is 41.1. The molecule has 4 fully saturated rings. The number of alkyl halides is 12. The van der Waals surface area contributed by atoms with Gasteiger partial charge in [-0.25, -0.2) is 4.89 Å². The first-order chi connectivity index (χ1) is 47.9. The number of fused-ring (bicyclic) bond motifs is 10. The summed E-state index contributed by atoms with van der Waals surface area (Å²) in [5, 5.41) is 0. The fraction of sp³-hybridized carbons (Fsp3) is 0.827. The summed E-state index contributed by atoms with van der Waals surface area (Å²) in [6.45, 7) is 11.6. The Morgan fingerprint density at radius 2 is 0.922 bits per heavy atom. The number of nitrogens with zero attached hydrogens (tertiary/aromatic N) is 2. The molecule has 6 aliphatic carbocycles. The summed E-state index contributed by atoms with van der Waals surface area (Å²) in [6.07, 6.45) is 0.428. The van der Waals surface area contributed by atoms with E-state index in [2.05, 4.69) is 97.0 Å². The predicted molar refractivity (Wildman–Crippen MR) is 382 cm³/mol. The summed E-state index contributed by atoms with van der Waals surface area (Å²) in [4.78, 5) is 15.7. The van der Waals surface area contributed by atoms with Crippen LogP contribution in [0.15, 0.2) is 36.4 Å². The fourth-order valence-electron chi connectivity index (χ4n) is 16.9. The van der Waals surface area contributed by atoms with Crippen LogP contribution in [0.25, 0.3) is 0 Å². The quantitative estimate of drug-likeness (QED) is 0.0158. The van der Waals surface area contributed by atoms with Crippen molar-refractivity contribution in [1.29, 1.82) is 0 Å². The summed E-state index contributed by atoms with van der Waals surface area (Å²) in [5.74, 6) is 9.60. The van der Waals surface area contributed by atoms with Crippen molar-refractivity contribution >= 4 is 43.2 Å². The van der Waals surface area contributed by atoms with Crippen molar-refractivity contribution in [2.75, 3.05) is 116 Å². The van der Waals surface area contributed by atoms with Gasteiger partial charge in [0, 0.05) is 82.0 Å². The van der Waals surface area contributed by atoms with Gasteiger partial charge in [0.15, 0.2) is 0 Å². The molecule has 102 heavy (non-hydrogen) atoms. The normalized spacial score (nSPS) is 25.5. The van der Waals surface area contributed by atoms with Gasteiger partial charge >= 0.3 is 24.7 Å². The number of aryl methyl sites for hydroxylation is 2. The third-order valence-corrected chi connectivity index (χ3v) is 28.4. The maximum Gasteiger partial charge on any atom is 0.426 e. The Morgan fingerprint density at radius 1 is 0.500 bits per heavy atom. The first kappa shape index (κ1) is 88.6. The first-order valence-corrected chi connectivity index (χ1v) is 42.1. The molecule has 0 aromatic heterocycles. The van der Waals surface area contributed by atoms with E-state index in [4.69, 9.17) is 28.7 Å². The van der Waals surface area contributed by atoms with E-state index in [1.165, 1.54) is 41.5 Å². The van der Waals surface area contributed by atoms with E-state index in [-0.39, 0.29) is 95.6 Å². The molecule has 0 aliphatic heterocycles. The summed E-state index contributed by atoms with van der Waals surface area (Å²) >= 11 is 0. The topological polar surface area (TPSA) is 80.3 Å². The molecule has 6 aliphatic rings. The van der Waals surface area contributed by atoms with Gasteiger partial charge < -0.3 is 44.6 Å². The fourth-order valence-corrected chi connectivity index (χ4v) is 21.4. The SMILES string of the molecule is CC(CCCCSSCCCN(C)CCOc1ccc2c(c1)CCC1C2CCC2(C)C(OCCCOC(C)(C(F)(F)F)C(F)(F)F)CCC12)COOC[CH-]CCCCSSCCCN(C)CCOc1ccc2c(c1)CCC1C2CCC2(C)C(OCCCOC(C)(C(F)(F)F)C(F)(F)F)CCC12.[Y]. The van der Waals surface area contributed by atoms with Crippen molar-refractivity contribution in [3.05, 3.63) is 65.1 Å². The summed E-state index contributed by atoms with van der Waals surface area (Å²) in [5.41, 5.74) is -3.04. The standard InChI is InChI=1S/C75H113F12N2O8S4.Y/c1-53(18-10-13-47-99-101-49-15-36-89(7)38-45-91-57-22-26-59-55(51-57)20-24-63-61(59)32-34-69(3)65(63)28-30-67(69)93-40-17-42-95-71(5,74(82,83)84)75(85,86)87)52-97-96-43-11-8-9-12-46-98-100-48-14-35-88(6)37-44-90-56-21-25-58-54(50-56)19-23-62-60(58)31-33-68(2)64(62)27-29-66(68)92-39-16-41-94-70(4,72(76,77)78)73(79,80)81;/h11,21-22,25-26,50-51,53,60-67H,8-10,12-20,23-24,27-49,52H2,1-7H3;/q-1;. The van der Waals surface area contributed by atoms with Crippen LogP contribution in [-0.2, 0) is 74.3 Å². The van der Waals surface area contributed by atoms with Crippen molar-refractivity contribution in [1.82, 2.24) is 9.80 Å². The molecule has 0 saturated heterocycles. The molecular formula is C75H113F12N2O8S4Y-. The molecule has 2 aromatic carbocycles. The molecule has 0 spiro atoms. The van der Waals surface area contributed by atoms with E-state index < -0.39 is 49.1 Å². The molecule has 1 radical (unpaired) electrons. The molecule has 27 heteroatoms. The van der Waals surface area contributed by atoms with Crippen molar-refractivity contribution in [2.24, 2.45) is 40.4 Å². The van der Waals surface area contributed by atoms with E-state index in [1.54, 1.807) is 0 Å². The minimum atomic E-state index is -5.57. The third-order valence-electron chi connectivity index (χ3n) is 23.3. The number of halogens is 12. The van der Waals surface area contributed by atoms with Crippen molar-refractivity contribution in [2.45, 2.75) is 236 Å². The number of hydrogen-bond acceptors (Lipinski definition) is 14. The number of hydrogen-bond donors (Lipinski definition) is 0.